The van der Waals surface area contributed by atoms with Crippen LogP contribution in [0.4, 0.5) is 0 Å². The highest BCUT2D eigenvalue weighted by Crippen LogP contribution is 2.29. The van der Waals surface area contributed by atoms with Crippen molar-refractivity contribution in [1.82, 2.24) is 24.9 Å². The smallest absolute Gasteiger partial charge is 0.250 e. The standard InChI is InChI=1S/C17H29N5O2.2ClH/c1-2-24-15-14-20-10-12-21(13-11-20)16(23)17(4-7-18-8-5-17)22-9-3-6-19-22;;/h3,6,9,18H,2,4-5,7-8,10-15H2,1H3;2*1H. The number of halogens is 2. The maximum Gasteiger partial charge on any atom is 0.250 e. The zero-order valence-electron chi connectivity index (χ0n) is 15.4. The molecule has 3 rings (SSSR count). The van der Waals surface area contributed by atoms with Gasteiger partial charge in [0.25, 0.3) is 5.91 Å². The minimum Gasteiger partial charge on any atom is -0.380 e. The van der Waals surface area contributed by atoms with Gasteiger partial charge in [0.15, 0.2) is 0 Å². The van der Waals surface area contributed by atoms with Gasteiger partial charge >= 0.3 is 0 Å². The molecule has 1 aromatic heterocycles. The van der Waals surface area contributed by atoms with Crippen LogP contribution in [0.1, 0.15) is 19.8 Å². The Hall–Kier alpha value is -0.860. The molecule has 0 saturated carbocycles. The van der Waals surface area contributed by atoms with E-state index in [1.165, 1.54) is 0 Å². The Balaban J connectivity index is 0.00000169. The lowest BCUT2D eigenvalue weighted by Crippen LogP contribution is -2.59. The number of hydrogen-bond acceptors (Lipinski definition) is 5. The fourth-order valence-electron chi connectivity index (χ4n) is 3.71. The van der Waals surface area contributed by atoms with Gasteiger partial charge < -0.3 is 15.0 Å². The molecule has 2 fully saturated rings. The number of piperidine rings is 1. The summed E-state index contributed by atoms with van der Waals surface area (Å²) in [7, 11) is 0. The maximum absolute atomic E-state index is 13.3. The van der Waals surface area contributed by atoms with E-state index in [4.69, 9.17) is 4.74 Å². The number of ether oxygens (including phenoxy) is 1. The summed E-state index contributed by atoms with van der Waals surface area (Å²) in [6.07, 6.45) is 5.31. The summed E-state index contributed by atoms with van der Waals surface area (Å²) in [5.41, 5.74) is -0.512. The van der Waals surface area contributed by atoms with E-state index in [1.807, 2.05) is 28.8 Å². The van der Waals surface area contributed by atoms with Gasteiger partial charge in [-0.3, -0.25) is 14.4 Å². The number of piperazine rings is 1. The average Bonchev–Trinajstić information content (AvgIpc) is 3.18. The number of nitrogens with one attached hydrogen (secondary N) is 1. The number of amides is 1. The maximum atomic E-state index is 13.3. The molecule has 1 aromatic rings. The Morgan fingerprint density at radius 3 is 2.46 bits per heavy atom. The molecule has 0 aliphatic carbocycles. The fourth-order valence-corrected chi connectivity index (χ4v) is 3.71. The van der Waals surface area contributed by atoms with Crippen LogP contribution in [0.25, 0.3) is 0 Å². The Morgan fingerprint density at radius 2 is 1.88 bits per heavy atom. The van der Waals surface area contributed by atoms with E-state index < -0.39 is 5.54 Å². The first-order valence-corrected chi connectivity index (χ1v) is 9.06. The molecule has 1 N–H and O–H groups in total. The molecule has 2 saturated heterocycles. The second kappa shape index (κ2) is 11.1. The monoisotopic (exact) mass is 407 g/mol. The quantitative estimate of drug-likeness (QED) is 0.712. The molecule has 0 unspecified atom stereocenters. The average molecular weight is 408 g/mol. The van der Waals surface area contributed by atoms with Crippen molar-refractivity contribution in [2.75, 3.05) is 59.0 Å². The number of nitrogens with zero attached hydrogens (tertiary/aromatic N) is 4. The van der Waals surface area contributed by atoms with E-state index in [9.17, 15) is 4.79 Å². The van der Waals surface area contributed by atoms with E-state index in [0.29, 0.717) is 0 Å². The number of rotatable bonds is 6. The topological polar surface area (TPSA) is 62.6 Å². The summed E-state index contributed by atoms with van der Waals surface area (Å²) in [6.45, 7) is 9.65. The van der Waals surface area contributed by atoms with Crippen LogP contribution in [0, 0.1) is 0 Å². The molecule has 0 radical (unpaired) electrons. The Bertz CT molecular complexity index is 515. The van der Waals surface area contributed by atoms with Crippen LogP contribution in [0.5, 0.6) is 0 Å². The molecule has 2 aliphatic rings. The van der Waals surface area contributed by atoms with Crippen molar-refractivity contribution in [3.63, 3.8) is 0 Å². The fraction of sp³-hybridized carbons (Fsp3) is 0.765. The normalized spacial score (nSPS) is 20.1. The van der Waals surface area contributed by atoms with Crippen LogP contribution < -0.4 is 5.32 Å². The number of carbonyl (C=O) groups excluding carboxylic acids is 1. The van der Waals surface area contributed by atoms with Crippen LogP contribution in [0.2, 0.25) is 0 Å². The largest absolute Gasteiger partial charge is 0.380 e. The second-order valence-electron chi connectivity index (χ2n) is 6.56. The van der Waals surface area contributed by atoms with Gasteiger partial charge in [-0.25, -0.2) is 0 Å². The summed E-state index contributed by atoms with van der Waals surface area (Å²) in [4.78, 5) is 17.7. The summed E-state index contributed by atoms with van der Waals surface area (Å²) in [5, 5.41) is 7.77. The summed E-state index contributed by atoms with van der Waals surface area (Å²) in [5.74, 6) is 0.233. The molecule has 0 bridgehead atoms. The number of hydrogen-bond donors (Lipinski definition) is 1. The Kier molecular flexibility index (Phi) is 9.89. The molecule has 0 aromatic carbocycles. The Labute approximate surface area is 168 Å². The molecular weight excluding hydrogens is 377 g/mol. The first-order valence-electron chi connectivity index (χ1n) is 9.06. The van der Waals surface area contributed by atoms with Gasteiger partial charge in [0.05, 0.1) is 6.61 Å². The molecule has 3 heterocycles. The lowest BCUT2D eigenvalue weighted by atomic mass is 9.86. The third kappa shape index (κ3) is 5.10. The van der Waals surface area contributed by atoms with Crippen molar-refractivity contribution in [2.45, 2.75) is 25.3 Å². The van der Waals surface area contributed by atoms with E-state index >= 15 is 0 Å². The number of aromatic nitrogens is 2. The second-order valence-corrected chi connectivity index (χ2v) is 6.56. The van der Waals surface area contributed by atoms with Crippen molar-refractivity contribution < 1.29 is 9.53 Å². The molecule has 150 valence electrons. The van der Waals surface area contributed by atoms with Crippen molar-refractivity contribution >= 4 is 30.7 Å². The van der Waals surface area contributed by atoms with E-state index in [0.717, 1.165) is 71.9 Å². The van der Waals surface area contributed by atoms with Gasteiger partial charge in [-0.15, -0.1) is 24.8 Å². The minimum absolute atomic E-state index is 0. The first kappa shape index (κ1) is 23.2. The molecular formula is C17H31Cl2N5O2. The van der Waals surface area contributed by atoms with Gasteiger partial charge in [-0.05, 0) is 38.9 Å². The molecule has 9 heteroatoms. The summed E-state index contributed by atoms with van der Waals surface area (Å²) >= 11 is 0. The van der Waals surface area contributed by atoms with Gasteiger partial charge in [-0.1, -0.05) is 0 Å². The van der Waals surface area contributed by atoms with Crippen molar-refractivity contribution in [2.24, 2.45) is 0 Å². The Morgan fingerprint density at radius 1 is 1.19 bits per heavy atom. The zero-order chi connectivity index (χ0) is 16.8. The highest BCUT2D eigenvalue weighted by atomic mass is 35.5. The van der Waals surface area contributed by atoms with Crippen LogP contribution in [0.3, 0.4) is 0 Å². The molecule has 7 nitrogen and oxygen atoms in total. The van der Waals surface area contributed by atoms with Crippen molar-refractivity contribution in [1.29, 1.82) is 0 Å². The van der Waals surface area contributed by atoms with Gasteiger partial charge in [0.2, 0.25) is 0 Å². The first-order chi connectivity index (χ1) is 11.8. The van der Waals surface area contributed by atoms with E-state index in [2.05, 4.69) is 15.3 Å². The predicted molar refractivity (Wildman–Crippen MR) is 106 cm³/mol. The van der Waals surface area contributed by atoms with E-state index in [-0.39, 0.29) is 30.7 Å². The van der Waals surface area contributed by atoms with Gasteiger partial charge in [0.1, 0.15) is 5.54 Å². The third-order valence-corrected chi connectivity index (χ3v) is 5.19. The summed E-state index contributed by atoms with van der Waals surface area (Å²) < 4.78 is 7.32. The lowest BCUT2D eigenvalue weighted by Gasteiger charge is -2.43. The molecule has 2 aliphatic heterocycles. The molecule has 0 atom stereocenters. The predicted octanol–water partition coefficient (Wildman–Crippen LogP) is 0.986. The summed E-state index contributed by atoms with van der Waals surface area (Å²) in [6, 6.07) is 1.91. The van der Waals surface area contributed by atoms with Crippen LogP contribution >= 0.6 is 24.8 Å². The highest BCUT2D eigenvalue weighted by molar-refractivity contribution is 5.86. The minimum atomic E-state index is -0.512. The number of carbonyl (C=O) groups is 1. The molecule has 0 spiro atoms. The van der Waals surface area contributed by atoms with Crippen molar-refractivity contribution in [3.8, 4) is 0 Å². The lowest BCUT2D eigenvalue weighted by molar-refractivity contribution is -0.145. The molecule has 26 heavy (non-hydrogen) atoms. The van der Waals surface area contributed by atoms with E-state index in [1.54, 1.807) is 6.20 Å². The van der Waals surface area contributed by atoms with Crippen LogP contribution in [0.15, 0.2) is 18.5 Å². The molecule has 1 amide bonds. The van der Waals surface area contributed by atoms with Crippen LogP contribution in [-0.4, -0.2) is 84.5 Å². The SMILES string of the molecule is CCOCCN1CCN(C(=O)C2(n3cccn3)CCNCC2)CC1.Cl.Cl. The zero-order valence-corrected chi connectivity index (χ0v) is 17.1. The van der Waals surface area contributed by atoms with Crippen LogP contribution in [-0.2, 0) is 15.1 Å². The highest BCUT2D eigenvalue weighted by Gasteiger charge is 2.44. The van der Waals surface area contributed by atoms with Crippen molar-refractivity contribution in [3.05, 3.63) is 18.5 Å². The van der Waals surface area contributed by atoms with Gasteiger partial charge in [0, 0.05) is 51.7 Å². The third-order valence-electron chi connectivity index (χ3n) is 5.19. The van der Waals surface area contributed by atoms with Gasteiger partial charge in [-0.2, -0.15) is 5.10 Å².